The van der Waals surface area contributed by atoms with Gasteiger partial charge in [-0.3, -0.25) is 5.10 Å². The van der Waals surface area contributed by atoms with E-state index < -0.39 is 10.0 Å². The number of nitrogens with one attached hydrogen (secondary N) is 2. The van der Waals surface area contributed by atoms with Crippen molar-refractivity contribution in [3.63, 3.8) is 0 Å². The molecule has 0 aliphatic heterocycles. The number of nitrogens with two attached hydrogens (primary N) is 1. The van der Waals surface area contributed by atoms with E-state index >= 15 is 0 Å². The van der Waals surface area contributed by atoms with Gasteiger partial charge in [-0.1, -0.05) is 0 Å². The number of aromatic nitrogens is 3. The molecule has 0 unspecified atom stereocenters. The van der Waals surface area contributed by atoms with E-state index in [4.69, 9.17) is 5.73 Å². The molecule has 21 heavy (non-hydrogen) atoms. The first kappa shape index (κ1) is 13.5. The van der Waals surface area contributed by atoms with Crippen molar-refractivity contribution >= 4 is 26.7 Å². The Morgan fingerprint density at radius 2 is 2.10 bits per heavy atom. The van der Waals surface area contributed by atoms with E-state index in [1.165, 1.54) is 6.07 Å². The molecule has 0 fully saturated rings. The highest BCUT2D eigenvalue weighted by atomic mass is 32.2. The minimum Gasteiger partial charge on any atom is -0.384 e. The summed E-state index contributed by atoms with van der Waals surface area (Å²) in [6.07, 6.45) is 3.20. The van der Waals surface area contributed by atoms with Gasteiger partial charge in [0.15, 0.2) is 0 Å². The van der Waals surface area contributed by atoms with Crippen LogP contribution in [0.2, 0.25) is 0 Å². The lowest BCUT2D eigenvalue weighted by molar-refractivity contribution is 0.581. The van der Waals surface area contributed by atoms with Crippen LogP contribution in [-0.2, 0) is 16.6 Å². The molecular formula is C13H13N5O2S. The predicted octanol–water partition coefficient (Wildman–Crippen LogP) is 1.02. The maximum absolute atomic E-state index is 12.3. The monoisotopic (exact) mass is 303 g/mol. The van der Waals surface area contributed by atoms with Crippen LogP contribution in [0.3, 0.4) is 0 Å². The molecule has 3 rings (SSSR count). The first-order valence-corrected chi connectivity index (χ1v) is 7.66. The van der Waals surface area contributed by atoms with Crippen LogP contribution in [0.1, 0.15) is 5.56 Å². The number of pyridine rings is 1. The second-order valence-corrected chi connectivity index (χ2v) is 6.29. The van der Waals surface area contributed by atoms with E-state index in [1.807, 2.05) is 0 Å². The molecule has 7 nitrogen and oxygen atoms in total. The maximum Gasteiger partial charge on any atom is 0.240 e. The fraction of sp³-hybridized carbons (Fsp3) is 0.0769. The van der Waals surface area contributed by atoms with Crippen LogP contribution in [0, 0.1) is 0 Å². The first-order valence-electron chi connectivity index (χ1n) is 6.18. The lowest BCUT2D eigenvalue weighted by Crippen LogP contribution is -2.23. The molecule has 0 aliphatic carbocycles. The summed E-state index contributed by atoms with van der Waals surface area (Å²) in [5.74, 6) is 0.399. The van der Waals surface area contributed by atoms with Gasteiger partial charge in [0.25, 0.3) is 0 Å². The number of rotatable bonds is 4. The molecule has 4 N–H and O–H groups in total. The Morgan fingerprint density at radius 3 is 2.86 bits per heavy atom. The molecule has 0 saturated carbocycles. The highest BCUT2D eigenvalue weighted by Crippen LogP contribution is 2.19. The summed E-state index contributed by atoms with van der Waals surface area (Å²) in [7, 11) is -3.59. The van der Waals surface area contributed by atoms with Gasteiger partial charge in [-0.15, -0.1) is 0 Å². The third-order valence-corrected chi connectivity index (χ3v) is 4.41. The van der Waals surface area contributed by atoms with Gasteiger partial charge in [0, 0.05) is 23.7 Å². The van der Waals surface area contributed by atoms with Gasteiger partial charge in [-0.2, -0.15) is 5.10 Å². The number of nitrogen functional groups attached to an aromatic ring is 1. The lowest BCUT2D eigenvalue weighted by atomic mass is 10.2. The van der Waals surface area contributed by atoms with E-state index in [1.54, 1.807) is 36.7 Å². The molecule has 0 spiro atoms. The predicted molar refractivity (Wildman–Crippen MR) is 78.8 cm³/mol. The average molecular weight is 303 g/mol. The van der Waals surface area contributed by atoms with Crippen LogP contribution < -0.4 is 10.5 Å². The third kappa shape index (κ3) is 2.86. The quantitative estimate of drug-likeness (QED) is 0.666. The van der Waals surface area contributed by atoms with Gasteiger partial charge in [0.1, 0.15) is 5.82 Å². The van der Waals surface area contributed by atoms with Crippen LogP contribution in [0.4, 0.5) is 5.82 Å². The largest absolute Gasteiger partial charge is 0.384 e. The van der Waals surface area contributed by atoms with Crippen molar-refractivity contribution in [2.24, 2.45) is 0 Å². The van der Waals surface area contributed by atoms with Crippen LogP contribution in [0.5, 0.6) is 0 Å². The Bertz CT molecular complexity index is 875. The Morgan fingerprint density at radius 1 is 1.24 bits per heavy atom. The molecule has 108 valence electrons. The molecule has 0 saturated heterocycles. The molecule has 0 aliphatic rings. The van der Waals surface area contributed by atoms with Crippen LogP contribution in [0.15, 0.2) is 47.6 Å². The topological polar surface area (TPSA) is 114 Å². The van der Waals surface area contributed by atoms with E-state index in [9.17, 15) is 8.42 Å². The molecule has 1 aromatic carbocycles. The van der Waals surface area contributed by atoms with Crippen molar-refractivity contribution in [2.45, 2.75) is 11.4 Å². The second kappa shape index (κ2) is 5.15. The van der Waals surface area contributed by atoms with E-state index in [2.05, 4.69) is 19.9 Å². The highest BCUT2D eigenvalue weighted by molar-refractivity contribution is 7.89. The van der Waals surface area contributed by atoms with Gasteiger partial charge in [-0.25, -0.2) is 18.1 Å². The van der Waals surface area contributed by atoms with E-state index in [-0.39, 0.29) is 11.4 Å². The van der Waals surface area contributed by atoms with Gasteiger partial charge in [-0.05, 0) is 30.3 Å². The van der Waals surface area contributed by atoms with Crippen molar-refractivity contribution in [2.75, 3.05) is 5.73 Å². The minimum atomic E-state index is -3.59. The summed E-state index contributed by atoms with van der Waals surface area (Å²) in [4.78, 5) is 4.32. The summed E-state index contributed by atoms with van der Waals surface area (Å²) in [5, 5.41) is 7.11. The summed E-state index contributed by atoms with van der Waals surface area (Å²) < 4.78 is 27.0. The maximum atomic E-state index is 12.3. The Hall–Kier alpha value is -2.45. The van der Waals surface area contributed by atoms with Gasteiger partial charge in [0.2, 0.25) is 10.0 Å². The molecule has 3 aromatic rings. The number of nitrogens with zero attached hydrogens (tertiary/aromatic N) is 2. The normalized spacial score (nSPS) is 11.8. The number of sulfonamides is 1. The standard InChI is InChI=1S/C13H13N5O2S/c14-13-4-1-10-5-11(2-3-12(10)18-13)21(19,20)17-8-9-6-15-16-7-9/h1-7,17H,8H2,(H2,14,18)(H,15,16). The van der Waals surface area contributed by atoms with E-state index in [0.29, 0.717) is 11.3 Å². The third-order valence-electron chi connectivity index (χ3n) is 3.01. The minimum absolute atomic E-state index is 0.177. The molecule has 0 amide bonds. The lowest BCUT2D eigenvalue weighted by Gasteiger charge is -2.07. The Balaban J connectivity index is 1.89. The molecule has 0 atom stereocenters. The van der Waals surface area contributed by atoms with Crippen molar-refractivity contribution in [1.82, 2.24) is 19.9 Å². The summed E-state index contributed by atoms with van der Waals surface area (Å²) in [6.45, 7) is 0.177. The van der Waals surface area contributed by atoms with Crippen molar-refractivity contribution in [3.8, 4) is 0 Å². The van der Waals surface area contributed by atoms with Crippen molar-refractivity contribution in [3.05, 3.63) is 48.3 Å². The first-order chi connectivity index (χ1) is 10.0. The number of hydrogen-bond acceptors (Lipinski definition) is 5. The van der Waals surface area contributed by atoms with Crippen LogP contribution >= 0.6 is 0 Å². The number of anilines is 1. The number of benzene rings is 1. The van der Waals surface area contributed by atoms with Crippen molar-refractivity contribution < 1.29 is 8.42 Å². The zero-order valence-corrected chi connectivity index (χ0v) is 11.8. The smallest absolute Gasteiger partial charge is 0.240 e. The second-order valence-electron chi connectivity index (χ2n) is 4.52. The Labute approximate surface area is 121 Å². The van der Waals surface area contributed by atoms with Gasteiger partial charge < -0.3 is 5.73 Å². The van der Waals surface area contributed by atoms with Crippen LogP contribution in [0.25, 0.3) is 10.9 Å². The molecular weight excluding hydrogens is 290 g/mol. The van der Waals surface area contributed by atoms with E-state index in [0.717, 1.165) is 10.9 Å². The summed E-state index contributed by atoms with van der Waals surface area (Å²) >= 11 is 0. The Kier molecular flexibility index (Phi) is 3.32. The summed E-state index contributed by atoms with van der Waals surface area (Å²) in [5.41, 5.74) is 7.01. The van der Waals surface area contributed by atoms with Crippen molar-refractivity contribution in [1.29, 1.82) is 0 Å². The molecule has 0 radical (unpaired) electrons. The number of H-pyrrole nitrogens is 1. The van der Waals surface area contributed by atoms with Crippen LogP contribution in [-0.4, -0.2) is 23.6 Å². The number of hydrogen-bond donors (Lipinski definition) is 3. The molecule has 8 heteroatoms. The molecule has 2 aromatic heterocycles. The fourth-order valence-corrected chi connectivity index (χ4v) is 2.98. The number of fused-ring (bicyclic) bond motifs is 1. The highest BCUT2D eigenvalue weighted by Gasteiger charge is 2.14. The average Bonchev–Trinajstić information content (AvgIpc) is 2.98. The molecule has 2 heterocycles. The fourth-order valence-electron chi connectivity index (χ4n) is 1.92. The zero-order chi connectivity index (χ0) is 14.9. The zero-order valence-electron chi connectivity index (χ0n) is 10.9. The van der Waals surface area contributed by atoms with Gasteiger partial charge in [0.05, 0.1) is 16.6 Å². The molecule has 0 bridgehead atoms. The van der Waals surface area contributed by atoms with Gasteiger partial charge >= 0.3 is 0 Å². The number of aromatic amines is 1. The SMILES string of the molecule is Nc1ccc2cc(S(=O)(=O)NCc3cn[nH]c3)ccc2n1. The summed E-state index contributed by atoms with van der Waals surface area (Å²) in [6, 6.07) is 8.09.